The molecule has 0 saturated carbocycles. The lowest BCUT2D eigenvalue weighted by Crippen LogP contribution is -2.39. The van der Waals surface area contributed by atoms with Crippen LogP contribution in [0.4, 0.5) is 0 Å². The van der Waals surface area contributed by atoms with Crippen LogP contribution >= 0.6 is 0 Å². The van der Waals surface area contributed by atoms with E-state index in [0.717, 1.165) is 0 Å². The molecule has 0 aliphatic carbocycles. The predicted molar refractivity (Wildman–Crippen MR) is 79.3 cm³/mol. The number of nitrogens with one attached hydrogen (secondary N) is 2. The number of hydrogen-bond donors (Lipinski definition) is 2. The third-order valence-electron chi connectivity index (χ3n) is 4.99. The highest BCUT2D eigenvalue weighted by atomic mass is 16.1. The Hall–Kier alpha value is -1.29. The number of fused-ring (bicyclic) bond motifs is 2. The summed E-state index contributed by atoms with van der Waals surface area (Å²) in [6, 6.07) is 5.51. The van der Waals surface area contributed by atoms with Gasteiger partial charge in [-0.3, -0.25) is 4.79 Å². The van der Waals surface area contributed by atoms with Gasteiger partial charge in [0.1, 0.15) is 0 Å². The molecule has 0 radical (unpaired) electrons. The van der Waals surface area contributed by atoms with Crippen molar-refractivity contribution in [3.8, 4) is 0 Å². The van der Waals surface area contributed by atoms with Crippen molar-refractivity contribution in [1.82, 2.24) is 15.2 Å². The number of rotatable bonds is 4. The number of aryl methyl sites for hydroxylation is 1. The summed E-state index contributed by atoms with van der Waals surface area (Å²) < 4.78 is 2.13. The second kappa shape index (κ2) is 5.60. The fraction of sp³-hybridized carbons (Fsp3) is 0.688. The summed E-state index contributed by atoms with van der Waals surface area (Å²) in [6.45, 7) is 2.72. The molecule has 2 fully saturated rings. The van der Waals surface area contributed by atoms with E-state index < -0.39 is 0 Å². The van der Waals surface area contributed by atoms with Gasteiger partial charge in [-0.15, -0.1) is 0 Å². The average molecular weight is 275 g/mol. The minimum absolute atomic E-state index is 0.204. The molecular weight excluding hydrogens is 250 g/mol. The minimum Gasteiger partial charge on any atom is -0.351 e. The maximum atomic E-state index is 12.1. The summed E-state index contributed by atoms with van der Waals surface area (Å²) in [6.07, 6.45) is 5.63. The number of nitrogens with zero attached hydrogens (tertiary/aromatic N) is 1. The number of hydrogen-bond acceptors (Lipinski definition) is 2. The molecule has 4 nitrogen and oxygen atoms in total. The molecular formula is C16H25N3O. The van der Waals surface area contributed by atoms with E-state index >= 15 is 0 Å². The normalized spacial score (nSPS) is 28.6. The number of piperidine rings is 1. The van der Waals surface area contributed by atoms with Crippen LogP contribution in [0.5, 0.6) is 0 Å². The maximum absolute atomic E-state index is 12.1. The fourth-order valence-corrected chi connectivity index (χ4v) is 3.71. The van der Waals surface area contributed by atoms with Crippen molar-refractivity contribution in [2.45, 2.75) is 57.7 Å². The summed E-state index contributed by atoms with van der Waals surface area (Å²) in [5.41, 5.74) is 2.39. The lowest BCUT2D eigenvalue weighted by Gasteiger charge is -2.28. The van der Waals surface area contributed by atoms with Crippen molar-refractivity contribution >= 4 is 5.91 Å². The predicted octanol–water partition coefficient (Wildman–Crippen LogP) is 1.87. The van der Waals surface area contributed by atoms with Crippen LogP contribution in [0.1, 0.15) is 43.5 Å². The molecule has 3 rings (SSSR count). The van der Waals surface area contributed by atoms with Crippen molar-refractivity contribution in [2.75, 3.05) is 0 Å². The van der Waals surface area contributed by atoms with E-state index in [0.29, 0.717) is 31.0 Å². The van der Waals surface area contributed by atoms with E-state index in [1.165, 1.54) is 37.1 Å². The van der Waals surface area contributed by atoms with Gasteiger partial charge in [0.25, 0.3) is 0 Å². The first-order valence-electron chi connectivity index (χ1n) is 7.75. The molecule has 3 heterocycles. The van der Waals surface area contributed by atoms with Crippen LogP contribution in [0.25, 0.3) is 0 Å². The number of aromatic nitrogens is 1. The lowest BCUT2D eigenvalue weighted by atomic mass is 9.89. The van der Waals surface area contributed by atoms with Crippen molar-refractivity contribution in [3.05, 3.63) is 23.5 Å². The highest BCUT2D eigenvalue weighted by Crippen LogP contribution is 2.32. The number of amides is 1. The lowest BCUT2D eigenvalue weighted by molar-refractivity contribution is -0.122. The Balaban J connectivity index is 1.47. The van der Waals surface area contributed by atoms with Crippen molar-refractivity contribution in [3.63, 3.8) is 0 Å². The van der Waals surface area contributed by atoms with E-state index in [9.17, 15) is 4.79 Å². The largest absolute Gasteiger partial charge is 0.351 e. The Morgan fingerprint density at radius 2 is 2.05 bits per heavy atom. The summed E-state index contributed by atoms with van der Waals surface area (Å²) >= 11 is 0. The van der Waals surface area contributed by atoms with E-state index in [4.69, 9.17) is 0 Å². The average Bonchev–Trinajstić information content (AvgIpc) is 2.92. The molecule has 2 aliphatic rings. The van der Waals surface area contributed by atoms with E-state index in [1.54, 1.807) is 0 Å². The second-order valence-corrected chi connectivity index (χ2v) is 6.48. The zero-order valence-electron chi connectivity index (χ0n) is 12.5. The topological polar surface area (TPSA) is 46.1 Å². The molecule has 2 aliphatic heterocycles. The molecule has 20 heavy (non-hydrogen) atoms. The quantitative estimate of drug-likeness (QED) is 0.881. The molecule has 2 saturated heterocycles. The first-order chi connectivity index (χ1) is 9.61. The Morgan fingerprint density at radius 1 is 1.35 bits per heavy atom. The minimum atomic E-state index is 0.204. The van der Waals surface area contributed by atoms with Gasteiger partial charge >= 0.3 is 0 Å². The fourth-order valence-electron chi connectivity index (χ4n) is 3.71. The van der Waals surface area contributed by atoms with Crippen LogP contribution in [0.15, 0.2) is 12.1 Å². The SMILES string of the molecule is Cc1ccc(CNC(=O)CC2CC3CCC(C2)N3)n1C. The maximum Gasteiger partial charge on any atom is 0.220 e. The van der Waals surface area contributed by atoms with E-state index in [-0.39, 0.29) is 5.91 Å². The summed E-state index contributed by atoms with van der Waals surface area (Å²) in [7, 11) is 2.04. The van der Waals surface area contributed by atoms with Gasteiger partial charge in [0, 0.05) is 36.9 Å². The molecule has 2 unspecified atom stereocenters. The molecule has 2 bridgehead atoms. The zero-order chi connectivity index (χ0) is 14.1. The van der Waals surface area contributed by atoms with Gasteiger partial charge in [-0.05, 0) is 50.7 Å². The summed E-state index contributed by atoms with van der Waals surface area (Å²) in [4.78, 5) is 12.1. The highest BCUT2D eigenvalue weighted by molar-refractivity contribution is 5.76. The second-order valence-electron chi connectivity index (χ2n) is 6.48. The van der Waals surface area contributed by atoms with Crippen molar-refractivity contribution in [2.24, 2.45) is 13.0 Å². The van der Waals surface area contributed by atoms with Gasteiger partial charge in [0.05, 0.1) is 6.54 Å². The van der Waals surface area contributed by atoms with E-state index in [2.05, 4.69) is 34.3 Å². The highest BCUT2D eigenvalue weighted by Gasteiger charge is 2.34. The van der Waals surface area contributed by atoms with Gasteiger partial charge in [0.2, 0.25) is 5.91 Å². The zero-order valence-corrected chi connectivity index (χ0v) is 12.5. The smallest absolute Gasteiger partial charge is 0.220 e. The molecule has 2 atom stereocenters. The van der Waals surface area contributed by atoms with Crippen LogP contribution in [0.3, 0.4) is 0 Å². The van der Waals surface area contributed by atoms with Crippen LogP contribution in [0, 0.1) is 12.8 Å². The van der Waals surface area contributed by atoms with Crippen molar-refractivity contribution < 1.29 is 4.79 Å². The van der Waals surface area contributed by atoms with Gasteiger partial charge in [-0.1, -0.05) is 0 Å². The molecule has 110 valence electrons. The number of carbonyl (C=O) groups is 1. The van der Waals surface area contributed by atoms with Gasteiger partial charge in [-0.25, -0.2) is 0 Å². The molecule has 0 spiro atoms. The molecule has 0 aromatic carbocycles. The molecule has 4 heteroatoms. The van der Waals surface area contributed by atoms with Gasteiger partial charge < -0.3 is 15.2 Å². The third-order valence-corrected chi connectivity index (χ3v) is 4.99. The summed E-state index contributed by atoms with van der Waals surface area (Å²) in [5.74, 6) is 0.777. The Morgan fingerprint density at radius 3 is 2.65 bits per heavy atom. The van der Waals surface area contributed by atoms with Gasteiger partial charge in [0.15, 0.2) is 0 Å². The first-order valence-corrected chi connectivity index (χ1v) is 7.75. The standard InChI is InChI=1S/C16H25N3O/c1-11-3-6-15(19(11)2)10-17-16(20)9-12-7-13-4-5-14(8-12)18-13/h3,6,12-14,18H,4-5,7-10H2,1-2H3,(H,17,20). The Kier molecular flexibility index (Phi) is 3.83. The number of carbonyl (C=O) groups excluding carboxylic acids is 1. The van der Waals surface area contributed by atoms with E-state index in [1.807, 2.05) is 7.05 Å². The van der Waals surface area contributed by atoms with Crippen LogP contribution in [-0.4, -0.2) is 22.6 Å². The van der Waals surface area contributed by atoms with Gasteiger partial charge in [-0.2, -0.15) is 0 Å². The van der Waals surface area contributed by atoms with Crippen LogP contribution < -0.4 is 10.6 Å². The summed E-state index contributed by atoms with van der Waals surface area (Å²) in [5, 5.41) is 6.70. The molecule has 1 aromatic rings. The first kappa shape index (κ1) is 13.7. The van der Waals surface area contributed by atoms with Crippen molar-refractivity contribution in [1.29, 1.82) is 0 Å². The Labute approximate surface area is 120 Å². The molecule has 2 N–H and O–H groups in total. The monoisotopic (exact) mass is 275 g/mol. The third kappa shape index (κ3) is 2.90. The van der Waals surface area contributed by atoms with Crippen LogP contribution in [0.2, 0.25) is 0 Å². The Bertz CT molecular complexity index is 482. The molecule has 1 amide bonds. The van der Waals surface area contributed by atoms with Crippen LogP contribution in [-0.2, 0) is 18.4 Å². The molecule has 1 aromatic heterocycles.